The lowest BCUT2D eigenvalue weighted by molar-refractivity contribution is 0.320. The number of hydrogen-bond acceptors (Lipinski definition) is 3. The van der Waals surface area contributed by atoms with Crippen LogP contribution in [0.1, 0.15) is 13.8 Å². The lowest BCUT2D eigenvalue weighted by Gasteiger charge is -2.04. The smallest absolute Gasteiger partial charge is 0.193 e. The molecule has 3 radical (unpaired) electrons. The predicted octanol–water partition coefficient (Wildman–Crippen LogP) is -0.247. The van der Waals surface area contributed by atoms with Crippen LogP contribution in [0.2, 0.25) is 0 Å². The predicted molar refractivity (Wildman–Crippen MR) is 34.5 cm³/mol. The molecular weight excluding hydrogens is 126 g/mol. The molecule has 3 nitrogen and oxygen atoms in total. The van der Waals surface area contributed by atoms with Crippen molar-refractivity contribution in [1.29, 1.82) is 0 Å². The standard InChI is InChI=1S/C3H10O3P.B/c1-3(2)7(4,5)6;/h3-6H,1-2H3;/q+1;. The summed E-state index contributed by atoms with van der Waals surface area (Å²) in [5.74, 6) is 0. The second-order valence-corrected chi connectivity index (χ2v) is 3.97. The van der Waals surface area contributed by atoms with E-state index in [1.165, 1.54) is 0 Å². The van der Waals surface area contributed by atoms with Gasteiger partial charge in [0.2, 0.25) is 0 Å². The first-order chi connectivity index (χ1) is 2.94. The van der Waals surface area contributed by atoms with Crippen molar-refractivity contribution >= 4 is 16.4 Å². The van der Waals surface area contributed by atoms with Crippen LogP contribution in [0.5, 0.6) is 0 Å². The van der Waals surface area contributed by atoms with E-state index in [1.807, 2.05) is 0 Å². The van der Waals surface area contributed by atoms with E-state index < -0.39 is 13.6 Å². The molecule has 0 saturated heterocycles. The molecule has 0 aliphatic heterocycles. The first-order valence-electron chi connectivity index (χ1n) is 2.01. The summed E-state index contributed by atoms with van der Waals surface area (Å²) >= 11 is 0. The molecule has 0 heterocycles. The Bertz CT molecular complexity index is 60.0. The van der Waals surface area contributed by atoms with E-state index in [-0.39, 0.29) is 8.41 Å². The van der Waals surface area contributed by atoms with Gasteiger partial charge in [0.05, 0.1) is 0 Å². The van der Waals surface area contributed by atoms with Gasteiger partial charge in [0.1, 0.15) is 5.66 Å². The molecule has 0 aliphatic carbocycles. The minimum atomic E-state index is -3.49. The Labute approximate surface area is 51.5 Å². The zero-order valence-corrected chi connectivity index (χ0v) is 5.84. The normalized spacial score (nSPS) is 11.2. The maximum Gasteiger partial charge on any atom is 0.406 e. The highest BCUT2D eigenvalue weighted by molar-refractivity contribution is 7.59. The lowest BCUT2D eigenvalue weighted by atomic mass is 10.6. The molecule has 3 N–H and O–H groups in total. The summed E-state index contributed by atoms with van der Waals surface area (Å²) in [6, 6.07) is 0. The zero-order chi connectivity index (χ0) is 6.08. The Kier molecular flexibility index (Phi) is 4.78. The van der Waals surface area contributed by atoms with Crippen LogP contribution >= 0.6 is 7.94 Å². The third kappa shape index (κ3) is 4.53. The second-order valence-electron chi connectivity index (χ2n) is 1.71. The Balaban J connectivity index is 0. The van der Waals surface area contributed by atoms with Gasteiger partial charge in [0.15, 0.2) is 0 Å². The van der Waals surface area contributed by atoms with E-state index >= 15 is 0 Å². The molecule has 0 atom stereocenters. The molecule has 0 saturated carbocycles. The van der Waals surface area contributed by atoms with Crippen molar-refractivity contribution in [2.75, 3.05) is 0 Å². The molecule has 0 unspecified atom stereocenters. The molecule has 0 aromatic heterocycles. The van der Waals surface area contributed by atoms with Crippen LogP contribution in [0.25, 0.3) is 0 Å². The average Bonchev–Trinajstić information content (AvgIpc) is 1.31. The quantitative estimate of drug-likeness (QED) is 0.344. The van der Waals surface area contributed by atoms with Crippen molar-refractivity contribution in [1.82, 2.24) is 0 Å². The maximum atomic E-state index is 8.32. The van der Waals surface area contributed by atoms with Gasteiger partial charge in [-0.05, 0) is 13.8 Å². The van der Waals surface area contributed by atoms with Gasteiger partial charge in [-0.15, -0.1) is 0 Å². The maximum absolute atomic E-state index is 8.32. The van der Waals surface area contributed by atoms with E-state index in [0.29, 0.717) is 0 Å². The first-order valence-corrected chi connectivity index (χ1v) is 3.73. The van der Waals surface area contributed by atoms with Crippen molar-refractivity contribution in [2.24, 2.45) is 0 Å². The molecule has 0 aromatic rings. The van der Waals surface area contributed by atoms with Gasteiger partial charge >= 0.3 is 7.94 Å². The van der Waals surface area contributed by atoms with Crippen LogP contribution in [0.4, 0.5) is 0 Å². The average molecular weight is 136 g/mol. The van der Waals surface area contributed by atoms with E-state index in [2.05, 4.69) is 0 Å². The third-order valence-electron chi connectivity index (χ3n) is 0.693. The summed E-state index contributed by atoms with van der Waals surface area (Å²) in [5.41, 5.74) is -0.424. The lowest BCUT2D eigenvalue weighted by Crippen LogP contribution is -2.01. The molecule has 0 bridgehead atoms. The van der Waals surface area contributed by atoms with Crippen molar-refractivity contribution < 1.29 is 14.7 Å². The van der Waals surface area contributed by atoms with Gasteiger partial charge in [0, 0.05) is 8.41 Å². The van der Waals surface area contributed by atoms with E-state index in [0.717, 1.165) is 0 Å². The van der Waals surface area contributed by atoms with Gasteiger partial charge in [-0.25, -0.2) is 0 Å². The molecule has 0 amide bonds. The molecule has 0 aliphatic rings. The second kappa shape index (κ2) is 3.41. The monoisotopic (exact) mass is 136 g/mol. The molecule has 0 rings (SSSR count). The molecule has 8 heavy (non-hydrogen) atoms. The fourth-order valence-electron chi connectivity index (χ4n) is 0. The van der Waals surface area contributed by atoms with E-state index in [1.54, 1.807) is 13.8 Å². The molecule has 0 fully saturated rings. The molecular formula is C3H10BO3P+. The van der Waals surface area contributed by atoms with Gasteiger partial charge in [-0.3, -0.25) is 0 Å². The Hall–Kier alpha value is 0.375. The summed E-state index contributed by atoms with van der Waals surface area (Å²) in [4.78, 5) is 25.0. The Morgan fingerprint density at radius 3 is 1.25 bits per heavy atom. The van der Waals surface area contributed by atoms with Crippen molar-refractivity contribution in [3.63, 3.8) is 0 Å². The van der Waals surface area contributed by atoms with Gasteiger partial charge < -0.3 is 0 Å². The SMILES string of the molecule is CC(C)[P+](O)(O)O.[B]. The highest BCUT2D eigenvalue weighted by Gasteiger charge is 2.34. The minimum absolute atomic E-state index is 0. The highest BCUT2D eigenvalue weighted by Crippen LogP contribution is 2.49. The van der Waals surface area contributed by atoms with Gasteiger partial charge in [0.25, 0.3) is 0 Å². The molecule has 5 heteroatoms. The summed E-state index contributed by atoms with van der Waals surface area (Å²) < 4.78 is 0. The first kappa shape index (κ1) is 11.2. The molecule has 0 aromatic carbocycles. The summed E-state index contributed by atoms with van der Waals surface area (Å²) in [6.07, 6.45) is 0. The van der Waals surface area contributed by atoms with Gasteiger partial charge in [-0.1, -0.05) is 0 Å². The summed E-state index contributed by atoms with van der Waals surface area (Å²) in [5, 5.41) is 0. The fraction of sp³-hybridized carbons (Fsp3) is 1.00. The Morgan fingerprint density at radius 1 is 1.12 bits per heavy atom. The summed E-state index contributed by atoms with van der Waals surface area (Å²) in [7, 11) is -3.49. The van der Waals surface area contributed by atoms with Crippen LogP contribution in [-0.4, -0.2) is 28.8 Å². The van der Waals surface area contributed by atoms with Crippen LogP contribution < -0.4 is 0 Å². The van der Waals surface area contributed by atoms with Crippen LogP contribution in [0, 0.1) is 0 Å². The third-order valence-corrected chi connectivity index (χ3v) is 2.08. The number of hydrogen-bond donors (Lipinski definition) is 3. The fourth-order valence-corrected chi connectivity index (χ4v) is 0. The largest absolute Gasteiger partial charge is 0.406 e. The minimum Gasteiger partial charge on any atom is -0.193 e. The van der Waals surface area contributed by atoms with Crippen molar-refractivity contribution in [3.8, 4) is 0 Å². The van der Waals surface area contributed by atoms with Crippen LogP contribution in [0.3, 0.4) is 0 Å². The number of rotatable bonds is 1. The topological polar surface area (TPSA) is 60.7 Å². The highest BCUT2D eigenvalue weighted by atomic mass is 31.2. The van der Waals surface area contributed by atoms with Crippen LogP contribution in [0.15, 0.2) is 0 Å². The van der Waals surface area contributed by atoms with E-state index in [9.17, 15) is 0 Å². The van der Waals surface area contributed by atoms with Crippen molar-refractivity contribution in [2.45, 2.75) is 19.5 Å². The molecule has 47 valence electrons. The molecule has 0 spiro atoms. The van der Waals surface area contributed by atoms with Gasteiger partial charge in [-0.2, -0.15) is 14.7 Å². The summed E-state index contributed by atoms with van der Waals surface area (Å²) in [6.45, 7) is 3.10. The van der Waals surface area contributed by atoms with Crippen LogP contribution in [-0.2, 0) is 0 Å². The van der Waals surface area contributed by atoms with Crippen molar-refractivity contribution in [3.05, 3.63) is 0 Å². The van der Waals surface area contributed by atoms with E-state index in [4.69, 9.17) is 14.7 Å². The zero-order valence-electron chi connectivity index (χ0n) is 4.94. The Morgan fingerprint density at radius 2 is 1.25 bits per heavy atom.